The summed E-state index contributed by atoms with van der Waals surface area (Å²) in [6.07, 6.45) is 2.22. The monoisotopic (exact) mass is 562 g/mol. The lowest BCUT2D eigenvalue weighted by atomic mass is 9.88. The van der Waals surface area contributed by atoms with Crippen molar-refractivity contribution in [3.8, 4) is 0 Å². The Kier molecular flexibility index (Phi) is 8.35. The normalized spacial score (nSPS) is 15.9. The van der Waals surface area contributed by atoms with E-state index in [2.05, 4.69) is 59.4 Å². The van der Waals surface area contributed by atoms with Crippen LogP contribution >= 0.6 is 39.1 Å². The third kappa shape index (κ3) is 6.26. The van der Waals surface area contributed by atoms with Crippen LogP contribution in [0, 0.1) is 5.92 Å². The predicted octanol–water partition coefficient (Wildman–Crippen LogP) is 4.91. The van der Waals surface area contributed by atoms with E-state index in [1.807, 2.05) is 0 Å². The summed E-state index contributed by atoms with van der Waals surface area (Å²) < 4.78 is 27.6. The summed E-state index contributed by atoms with van der Waals surface area (Å²) in [4.78, 5) is -0.159. The molecule has 0 bridgehead atoms. The van der Waals surface area contributed by atoms with Crippen molar-refractivity contribution >= 4 is 49.2 Å². The topological polar surface area (TPSA) is 69.6 Å². The molecule has 32 heavy (non-hydrogen) atoms. The predicted molar refractivity (Wildman–Crippen MR) is 134 cm³/mol. The first-order valence-electron chi connectivity index (χ1n) is 10.5. The number of halogens is 3. The van der Waals surface area contributed by atoms with Gasteiger partial charge in [-0.2, -0.15) is 4.31 Å². The Morgan fingerprint density at radius 3 is 2.25 bits per heavy atom. The molecule has 176 valence electrons. The third-order valence-electron chi connectivity index (χ3n) is 5.85. The minimum absolute atomic E-state index is 0.0301. The highest BCUT2D eigenvalue weighted by Crippen LogP contribution is 2.35. The summed E-state index contributed by atoms with van der Waals surface area (Å²) in [5.41, 5.74) is 2.65. The number of rotatable bonds is 9. The Balaban J connectivity index is 1.55. The van der Waals surface area contributed by atoms with E-state index >= 15 is 0 Å². The van der Waals surface area contributed by atoms with Gasteiger partial charge in [0.15, 0.2) is 0 Å². The minimum Gasteiger partial charge on any atom is -0.390 e. The van der Waals surface area contributed by atoms with Crippen LogP contribution in [-0.2, 0) is 22.9 Å². The average molecular weight is 564 g/mol. The molecule has 2 aromatic rings. The molecule has 0 saturated carbocycles. The zero-order chi connectivity index (χ0) is 23.7. The van der Waals surface area contributed by atoms with E-state index in [-0.39, 0.29) is 33.6 Å². The molecule has 0 aliphatic heterocycles. The minimum atomic E-state index is -3.95. The molecule has 1 atom stereocenters. The first-order chi connectivity index (χ1) is 14.9. The number of likely N-dealkylation sites (N-methyl/N-ethyl adjacent to an activating group) is 1. The number of aliphatic hydroxyl groups is 1. The number of sulfonamides is 1. The van der Waals surface area contributed by atoms with Crippen molar-refractivity contribution in [2.75, 3.05) is 20.1 Å². The number of benzene rings is 2. The highest BCUT2D eigenvalue weighted by Gasteiger charge is 2.31. The largest absolute Gasteiger partial charge is 0.390 e. The quantitative estimate of drug-likeness (QED) is 0.455. The van der Waals surface area contributed by atoms with E-state index in [1.54, 1.807) is 0 Å². The van der Waals surface area contributed by atoms with Crippen LogP contribution in [0.15, 0.2) is 45.8 Å². The molecule has 0 radical (unpaired) electrons. The molecule has 0 aromatic heterocycles. The second-order valence-electron chi connectivity index (χ2n) is 9.15. The van der Waals surface area contributed by atoms with Gasteiger partial charge in [0.2, 0.25) is 10.0 Å². The molecule has 0 fully saturated rings. The molecule has 2 N–H and O–H groups in total. The molecule has 0 unspecified atom stereocenters. The third-order valence-corrected chi connectivity index (χ3v) is 9.05. The van der Waals surface area contributed by atoms with Crippen LogP contribution < -0.4 is 5.32 Å². The number of hydrogen-bond donors (Lipinski definition) is 2. The summed E-state index contributed by atoms with van der Waals surface area (Å²) in [7, 11) is -2.54. The molecule has 0 saturated heterocycles. The first-order valence-corrected chi connectivity index (χ1v) is 13.5. The fourth-order valence-corrected chi connectivity index (χ4v) is 7.46. The second kappa shape index (κ2) is 10.3. The van der Waals surface area contributed by atoms with Gasteiger partial charge in [-0.3, -0.25) is 0 Å². The van der Waals surface area contributed by atoms with Gasteiger partial charge in [-0.15, -0.1) is 0 Å². The summed E-state index contributed by atoms with van der Waals surface area (Å²) in [6, 6.07) is 11.5. The number of nitrogens with zero attached hydrogens (tertiary/aromatic N) is 1. The SMILES string of the molecule is CN(C[C@H](O)CNC(C)(C)CC1Cc2ccccc2C1)S(=O)(=O)c1c(Cl)cc(Br)cc1Cl. The van der Waals surface area contributed by atoms with Gasteiger partial charge in [0.1, 0.15) is 4.90 Å². The number of fused-ring (bicyclic) bond motifs is 1. The Morgan fingerprint density at radius 2 is 1.72 bits per heavy atom. The summed E-state index contributed by atoms with van der Waals surface area (Å²) >= 11 is 15.5. The zero-order valence-corrected chi connectivity index (χ0v) is 22.3. The maximum Gasteiger partial charge on any atom is 0.245 e. The van der Waals surface area contributed by atoms with Gasteiger partial charge in [-0.25, -0.2) is 8.42 Å². The smallest absolute Gasteiger partial charge is 0.245 e. The van der Waals surface area contributed by atoms with Gasteiger partial charge >= 0.3 is 0 Å². The fourth-order valence-electron chi connectivity index (χ4n) is 4.37. The molecular weight excluding hydrogens is 535 g/mol. The van der Waals surface area contributed by atoms with Crippen molar-refractivity contribution < 1.29 is 13.5 Å². The maximum absolute atomic E-state index is 13.0. The molecular formula is C23H29BrCl2N2O3S. The van der Waals surface area contributed by atoms with Crippen LogP contribution in [0.3, 0.4) is 0 Å². The summed E-state index contributed by atoms with van der Waals surface area (Å²) in [5.74, 6) is 0.553. The number of β-amino-alcohol motifs (C(OH)–C–C–N with tert-alkyl or cyclic N) is 1. The molecule has 1 aliphatic rings. The Morgan fingerprint density at radius 1 is 1.19 bits per heavy atom. The van der Waals surface area contributed by atoms with E-state index in [9.17, 15) is 13.5 Å². The summed E-state index contributed by atoms with van der Waals surface area (Å²) in [6.45, 7) is 4.42. The van der Waals surface area contributed by atoms with E-state index < -0.39 is 16.1 Å². The van der Waals surface area contributed by atoms with Gasteiger partial charge in [0.05, 0.1) is 16.1 Å². The zero-order valence-electron chi connectivity index (χ0n) is 18.4. The first kappa shape index (κ1) is 25.9. The summed E-state index contributed by atoms with van der Waals surface area (Å²) in [5, 5.41) is 14.0. The van der Waals surface area contributed by atoms with Gasteiger partial charge < -0.3 is 10.4 Å². The van der Waals surface area contributed by atoms with Crippen LogP contribution in [0.2, 0.25) is 10.0 Å². The van der Waals surface area contributed by atoms with Crippen LogP contribution in [-0.4, -0.2) is 49.6 Å². The van der Waals surface area contributed by atoms with E-state index in [0.29, 0.717) is 10.4 Å². The van der Waals surface area contributed by atoms with Crippen LogP contribution in [0.5, 0.6) is 0 Å². The van der Waals surface area contributed by atoms with E-state index in [0.717, 1.165) is 23.6 Å². The standard InChI is InChI=1S/C23H29BrCl2N2O3S/c1-23(2,12-15-8-16-6-4-5-7-17(16)9-15)27-13-19(29)14-28(3)32(30,31)22-20(25)10-18(24)11-21(22)26/h4-7,10-11,15,19,27,29H,8-9,12-14H2,1-3H3/t19-/m1/s1. The second-order valence-corrected chi connectivity index (χ2v) is 12.9. The molecule has 0 spiro atoms. The highest BCUT2D eigenvalue weighted by molar-refractivity contribution is 9.10. The van der Waals surface area contributed by atoms with Gasteiger partial charge in [-0.1, -0.05) is 63.4 Å². The lowest BCUT2D eigenvalue weighted by molar-refractivity contribution is 0.135. The Labute approximate surface area is 209 Å². The molecule has 9 heteroatoms. The molecule has 1 aliphatic carbocycles. The lowest BCUT2D eigenvalue weighted by Gasteiger charge is -2.31. The van der Waals surface area contributed by atoms with Crippen molar-refractivity contribution in [3.05, 3.63) is 62.0 Å². The van der Waals surface area contributed by atoms with Crippen LogP contribution in [0.25, 0.3) is 0 Å². The lowest BCUT2D eigenvalue weighted by Crippen LogP contribution is -2.47. The van der Waals surface area contributed by atoms with Gasteiger partial charge in [0.25, 0.3) is 0 Å². The van der Waals surface area contributed by atoms with Crippen molar-refractivity contribution in [3.63, 3.8) is 0 Å². The molecule has 0 amide bonds. The average Bonchev–Trinajstić information content (AvgIpc) is 3.06. The van der Waals surface area contributed by atoms with Crippen molar-refractivity contribution in [2.45, 2.75) is 49.6 Å². The van der Waals surface area contributed by atoms with Crippen molar-refractivity contribution in [1.29, 1.82) is 0 Å². The van der Waals surface area contributed by atoms with Crippen molar-refractivity contribution in [2.24, 2.45) is 5.92 Å². The van der Waals surface area contributed by atoms with Crippen LogP contribution in [0.4, 0.5) is 0 Å². The van der Waals surface area contributed by atoms with E-state index in [1.165, 1.54) is 30.3 Å². The van der Waals surface area contributed by atoms with E-state index in [4.69, 9.17) is 23.2 Å². The molecule has 0 heterocycles. The fraction of sp³-hybridized carbons (Fsp3) is 0.478. The van der Waals surface area contributed by atoms with Crippen LogP contribution in [0.1, 0.15) is 31.4 Å². The van der Waals surface area contributed by atoms with Gasteiger partial charge in [-0.05, 0) is 62.3 Å². The van der Waals surface area contributed by atoms with Gasteiger partial charge in [0, 0.05) is 30.1 Å². The highest BCUT2D eigenvalue weighted by atomic mass is 79.9. The Bertz CT molecular complexity index is 1030. The number of nitrogens with one attached hydrogen (secondary N) is 1. The molecule has 2 aromatic carbocycles. The maximum atomic E-state index is 13.0. The Hall–Kier alpha value is -0.670. The number of hydrogen-bond acceptors (Lipinski definition) is 4. The number of aliphatic hydroxyl groups excluding tert-OH is 1. The van der Waals surface area contributed by atoms with Crippen molar-refractivity contribution in [1.82, 2.24) is 9.62 Å². The molecule has 3 rings (SSSR count). The molecule has 5 nitrogen and oxygen atoms in total.